The average Bonchev–Trinajstić information content (AvgIpc) is 3.29. The molecule has 0 radical (unpaired) electrons. The van der Waals surface area contributed by atoms with Crippen LogP contribution in [-0.2, 0) is 11.2 Å². The first-order valence-corrected chi connectivity index (χ1v) is 12.7. The van der Waals surface area contributed by atoms with E-state index in [9.17, 15) is 9.59 Å². The molecule has 2 heterocycles. The van der Waals surface area contributed by atoms with Gasteiger partial charge in [-0.3, -0.25) is 4.79 Å². The summed E-state index contributed by atoms with van der Waals surface area (Å²) in [6.45, 7) is 10.9. The molecular formula is C29H36N4O3. The largest absolute Gasteiger partial charge is 0.444 e. The van der Waals surface area contributed by atoms with Gasteiger partial charge in [-0.25, -0.2) is 9.48 Å². The van der Waals surface area contributed by atoms with E-state index in [1.807, 2.05) is 80.9 Å². The summed E-state index contributed by atoms with van der Waals surface area (Å²) in [5.41, 5.74) is 4.90. The second kappa shape index (κ2) is 10.6. The number of aryl methyl sites for hydroxylation is 2. The third-order valence-corrected chi connectivity index (χ3v) is 6.51. The fourth-order valence-electron chi connectivity index (χ4n) is 4.62. The molecule has 7 heteroatoms. The smallest absolute Gasteiger partial charge is 0.410 e. The lowest BCUT2D eigenvalue weighted by Crippen LogP contribution is -2.41. The quantitative estimate of drug-likeness (QED) is 0.470. The Balaban J connectivity index is 1.62. The van der Waals surface area contributed by atoms with Crippen molar-refractivity contribution in [2.24, 2.45) is 0 Å². The Labute approximate surface area is 213 Å². The van der Waals surface area contributed by atoms with Crippen molar-refractivity contribution in [3.63, 3.8) is 0 Å². The maximum Gasteiger partial charge on any atom is 0.410 e. The Morgan fingerprint density at radius 2 is 1.72 bits per heavy atom. The topological polar surface area (TPSA) is 76.5 Å². The molecule has 0 spiro atoms. The summed E-state index contributed by atoms with van der Waals surface area (Å²) in [5.74, 6) is -0.0894. The van der Waals surface area contributed by atoms with Gasteiger partial charge in [0.05, 0.1) is 23.1 Å². The fraction of sp³-hybridized carbons (Fsp3) is 0.414. The molecule has 7 nitrogen and oxygen atoms in total. The highest BCUT2D eigenvalue weighted by molar-refractivity contribution is 6.05. The minimum Gasteiger partial charge on any atom is -0.444 e. The third-order valence-electron chi connectivity index (χ3n) is 6.51. The number of amides is 2. The number of aromatic nitrogens is 2. The number of para-hydroxylation sites is 1. The molecule has 1 fully saturated rings. The molecule has 190 valence electrons. The third kappa shape index (κ3) is 5.78. The highest BCUT2D eigenvalue weighted by Crippen LogP contribution is 2.33. The van der Waals surface area contributed by atoms with Gasteiger partial charge in [0.25, 0.3) is 5.91 Å². The molecular weight excluding hydrogens is 452 g/mol. The summed E-state index contributed by atoms with van der Waals surface area (Å²) in [7, 11) is 0. The number of likely N-dealkylation sites (tertiary alicyclic amines) is 1. The summed E-state index contributed by atoms with van der Waals surface area (Å²) < 4.78 is 7.45. The van der Waals surface area contributed by atoms with Crippen LogP contribution >= 0.6 is 0 Å². The van der Waals surface area contributed by atoms with E-state index in [1.165, 1.54) is 0 Å². The van der Waals surface area contributed by atoms with E-state index in [4.69, 9.17) is 4.74 Å². The maximum atomic E-state index is 13.5. The predicted molar refractivity (Wildman–Crippen MR) is 142 cm³/mol. The van der Waals surface area contributed by atoms with Crippen molar-refractivity contribution in [3.8, 4) is 5.69 Å². The highest BCUT2D eigenvalue weighted by Gasteiger charge is 2.32. The van der Waals surface area contributed by atoms with Crippen LogP contribution in [0.1, 0.15) is 73.6 Å². The zero-order valence-electron chi connectivity index (χ0n) is 21.9. The Bertz CT molecular complexity index is 1220. The molecule has 0 atom stereocenters. The van der Waals surface area contributed by atoms with Gasteiger partial charge in [-0.05, 0) is 70.7 Å². The number of hydrogen-bond donors (Lipinski definition) is 1. The number of hydrogen-bond acceptors (Lipinski definition) is 4. The minimum atomic E-state index is -0.530. The van der Waals surface area contributed by atoms with E-state index in [0.717, 1.165) is 47.5 Å². The number of nitrogens with one attached hydrogen (secondary N) is 1. The summed E-state index contributed by atoms with van der Waals surface area (Å²) in [6.07, 6.45) is 3.65. The lowest BCUT2D eigenvalue weighted by atomic mass is 9.90. The Hall–Kier alpha value is -3.61. The van der Waals surface area contributed by atoms with Crippen LogP contribution < -0.4 is 5.32 Å². The van der Waals surface area contributed by atoms with Gasteiger partial charge in [0.2, 0.25) is 0 Å². The highest BCUT2D eigenvalue weighted by atomic mass is 16.6. The molecule has 4 rings (SSSR count). The van der Waals surface area contributed by atoms with Crippen molar-refractivity contribution in [1.82, 2.24) is 14.7 Å². The number of carbonyl (C=O) groups is 2. The van der Waals surface area contributed by atoms with Crippen molar-refractivity contribution >= 4 is 17.7 Å². The minimum absolute atomic E-state index is 0.0784. The van der Waals surface area contributed by atoms with Crippen LogP contribution in [-0.4, -0.2) is 45.4 Å². The molecule has 36 heavy (non-hydrogen) atoms. The molecule has 2 aromatic carbocycles. The molecule has 3 aromatic rings. The molecule has 1 aliphatic heterocycles. The molecule has 0 aliphatic carbocycles. The van der Waals surface area contributed by atoms with Crippen LogP contribution in [0, 0.1) is 6.92 Å². The van der Waals surface area contributed by atoms with Crippen LogP contribution in [0.3, 0.4) is 0 Å². The second-order valence-corrected chi connectivity index (χ2v) is 10.4. The number of benzene rings is 2. The number of ether oxygens (including phenoxy) is 1. The van der Waals surface area contributed by atoms with Crippen LogP contribution in [0.2, 0.25) is 0 Å². The number of anilines is 1. The molecule has 0 saturated carbocycles. The summed E-state index contributed by atoms with van der Waals surface area (Å²) >= 11 is 0. The van der Waals surface area contributed by atoms with Crippen LogP contribution in [0.4, 0.5) is 10.5 Å². The standard InChI is InChI=1S/C29H36N4O3/c1-6-21-9-7-8-10-25(21)31-27(34)24-19-30-33(23-13-11-20(2)12-14-23)26(24)22-15-17-32(18-16-22)28(35)36-29(3,4)5/h7-14,19,22H,6,15-18H2,1-5H3,(H,31,34). The molecule has 1 aromatic heterocycles. The summed E-state index contributed by atoms with van der Waals surface area (Å²) in [4.78, 5) is 27.9. The van der Waals surface area contributed by atoms with E-state index < -0.39 is 5.60 Å². The van der Waals surface area contributed by atoms with E-state index >= 15 is 0 Å². The van der Waals surface area contributed by atoms with Crippen LogP contribution in [0.5, 0.6) is 0 Å². The van der Waals surface area contributed by atoms with Crippen LogP contribution in [0.25, 0.3) is 5.69 Å². The predicted octanol–water partition coefficient (Wildman–Crippen LogP) is 6.11. The Morgan fingerprint density at radius 1 is 1.06 bits per heavy atom. The molecule has 0 unspecified atom stereocenters. The zero-order chi connectivity index (χ0) is 25.9. The van der Waals surface area contributed by atoms with Crippen LogP contribution in [0.15, 0.2) is 54.7 Å². The number of carbonyl (C=O) groups excluding carboxylic acids is 2. The molecule has 2 amide bonds. The van der Waals surface area contributed by atoms with Gasteiger partial charge < -0.3 is 15.0 Å². The number of rotatable bonds is 5. The average molecular weight is 489 g/mol. The maximum absolute atomic E-state index is 13.5. The van der Waals surface area contributed by atoms with Gasteiger partial charge in [0.15, 0.2) is 0 Å². The lowest BCUT2D eigenvalue weighted by Gasteiger charge is -2.34. The molecule has 1 N–H and O–H groups in total. The molecule has 1 aliphatic rings. The number of nitrogens with zero attached hydrogens (tertiary/aromatic N) is 3. The normalized spacial score (nSPS) is 14.5. The summed E-state index contributed by atoms with van der Waals surface area (Å²) in [5, 5.41) is 7.76. The number of piperidine rings is 1. The van der Waals surface area contributed by atoms with Crippen molar-refractivity contribution in [2.75, 3.05) is 18.4 Å². The Morgan fingerprint density at radius 3 is 2.36 bits per heavy atom. The first-order chi connectivity index (χ1) is 17.2. The van der Waals surface area contributed by atoms with Gasteiger partial charge in [0.1, 0.15) is 5.60 Å². The SMILES string of the molecule is CCc1ccccc1NC(=O)c1cnn(-c2ccc(C)cc2)c1C1CCN(C(=O)OC(C)(C)C)CC1. The van der Waals surface area contributed by atoms with E-state index in [-0.39, 0.29) is 17.9 Å². The molecule has 1 saturated heterocycles. The zero-order valence-corrected chi connectivity index (χ0v) is 21.9. The van der Waals surface area contributed by atoms with Crippen molar-refractivity contribution in [3.05, 3.63) is 77.1 Å². The van der Waals surface area contributed by atoms with E-state index in [1.54, 1.807) is 11.1 Å². The fourth-order valence-corrected chi connectivity index (χ4v) is 4.62. The first kappa shape index (κ1) is 25.5. The first-order valence-electron chi connectivity index (χ1n) is 12.7. The molecule has 0 bridgehead atoms. The monoisotopic (exact) mass is 488 g/mol. The Kier molecular flexibility index (Phi) is 7.48. The van der Waals surface area contributed by atoms with Gasteiger partial charge in [-0.2, -0.15) is 5.10 Å². The van der Waals surface area contributed by atoms with Crippen molar-refractivity contribution in [1.29, 1.82) is 0 Å². The lowest BCUT2D eigenvalue weighted by molar-refractivity contribution is 0.0203. The van der Waals surface area contributed by atoms with E-state index in [2.05, 4.69) is 17.3 Å². The van der Waals surface area contributed by atoms with Gasteiger partial charge in [-0.15, -0.1) is 0 Å². The van der Waals surface area contributed by atoms with E-state index in [0.29, 0.717) is 18.7 Å². The van der Waals surface area contributed by atoms with Crippen molar-refractivity contribution < 1.29 is 14.3 Å². The van der Waals surface area contributed by atoms with Crippen molar-refractivity contribution in [2.45, 2.75) is 65.4 Å². The van der Waals surface area contributed by atoms with Gasteiger partial charge >= 0.3 is 6.09 Å². The van der Waals surface area contributed by atoms with Gasteiger partial charge in [-0.1, -0.05) is 42.8 Å². The second-order valence-electron chi connectivity index (χ2n) is 10.4. The summed E-state index contributed by atoms with van der Waals surface area (Å²) in [6, 6.07) is 16.0. The van der Waals surface area contributed by atoms with Gasteiger partial charge in [0, 0.05) is 24.7 Å².